The Morgan fingerprint density at radius 2 is 2.15 bits per heavy atom. The van der Waals surface area contributed by atoms with E-state index < -0.39 is 5.92 Å². The maximum atomic E-state index is 13.2. The summed E-state index contributed by atoms with van der Waals surface area (Å²) >= 11 is 6.04. The van der Waals surface area contributed by atoms with Crippen molar-refractivity contribution >= 4 is 29.1 Å². The lowest BCUT2D eigenvalue weighted by Crippen LogP contribution is -2.34. The molecule has 2 amide bonds. The lowest BCUT2D eigenvalue weighted by Gasteiger charge is -2.19. The summed E-state index contributed by atoms with van der Waals surface area (Å²) in [6.45, 7) is 0.648. The van der Waals surface area contributed by atoms with Crippen LogP contribution in [-0.2, 0) is 16.0 Å². The average Bonchev–Trinajstić information content (AvgIpc) is 3.03. The normalized spacial score (nSPS) is 16.5. The number of hydrogen-bond acceptors (Lipinski definition) is 3. The number of nitrogens with zero attached hydrogens (tertiary/aromatic N) is 1. The number of methoxy groups -OCH3 is 1. The van der Waals surface area contributed by atoms with Crippen molar-refractivity contribution in [3.8, 4) is 5.75 Å². The number of benzene rings is 2. The van der Waals surface area contributed by atoms with Crippen molar-refractivity contribution in [1.82, 2.24) is 5.32 Å². The van der Waals surface area contributed by atoms with Crippen molar-refractivity contribution in [1.29, 1.82) is 0 Å². The first-order valence-corrected chi connectivity index (χ1v) is 9.02. The molecule has 0 aliphatic carbocycles. The van der Waals surface area contributed by atoms with Gasteiger partial charge < -0.3 is 15.0 Å². The predicted molar refractivity (Wildman–Crippen MR) is 102 cm³/mol. The van der Waals surface area contributed by atoms with Crippen LogP contribution in [0.25, 0.3) is 0 Å². The van der Waals surface area contributed by atoms with E-state index >= 15 is 0 Å². The largest absolute Gasteiger partial charge is 0.495 e. The van der Waals surface area contributed by atoms with Crippen LogP contribution in [0.4, 0.5) is 10.1 Å². The Bertz CT molecular complexity index is 859. The molecule has 1 atom stereocenters. The van der Waals surface area contributed by atoms with Crippen LogP contribution < -0.4 is 15.0 Å². The molecule has 0 bridgehead atoms. The molecule has 142 valence electrons. The Morgan fingerprint density at radius 1 is 1.33 bits per heavy atom. The summed E-state index contributed by atoms with van der Waals surface area (Å²) in [5.41, 5.74) is 1.37. The van der Waals surface area contributed by atoms with Crippen LogP contribution in [0.1, 0.15) is 12.0 Å². The summed E-state index contributed by atoms with van der Waals surface area (Å²) in [4.78, 5) is 26.4. The maximum Gasteiger partial charge on any atom is 0.227 e. The third-order valence-corrected chi connectivity index (χ3v) is 4.76. The highest BCUT2D eigenvalue weighted by molar-refractivity contribution is 6.31. The molecular weight excluding hydrogens is 371 g/mol. The van der Waals surface area contributed by atoms with Crippen molar-refractivity contribution in [2.75, 3.05) is 25.1 Å². The molecule has 1 unspecified atom stereocenters. The molecule has 5 nitrogen and oxygen atoms in total. The number of amides is 2. The lowest BCUT2D eigenvalue weighted by molar-refractivity contribution is -0.126. The van der Waals surface area contributed by atoms with E-state index in [0.29, 0.717) is 29.4 Å². The van der Waals surface area contributed by atoms with Gasteiger partial charge in [-0.05, 0) is 42.3 Å². The topological polar surface area (TPSA) is 58.6 Å². The monoisotopic (exact) mass is 390 g/mol. The Balaban J connectivity index is 1.60. The van der Waals surface area contributed by atoms with Gasteiger partial charge in [0.15, 0.2) is 0 Å². The second-order valence-electron chi connectivity index (χ2n) is 6.39. The van der Waals surface area contributed by atoms with E-state index in [0.717, 1.165) is 5.56 Å². The number of rotatable bonds is 6. The van der Waals surface area contributed by atoms with Crippen molar-refractivity contribution in [3.63, 3.8) is 0 Å². The molecule has 0 aromatic heterocycles. The quantitative estimate of drug-likeness (QED) is 0.824. The molecule has 1 saturated heterocycles. The van der Waals surface area contributed by atoms with E-state index in [1.807, 2.05) is 6.07 Å². The minimum Gasteiger partial charge on any atom is -0.495 e. The highest BCUT2D eigenvalue weighted by atomic mass is 35.5. The summed E-state index contributed by atoms with van der Waals surface area (Å²) in [6.07, 6.45) is 0.650. The molecule has 27 heavy (non-hydrogen) atoms. The third kappa shape index (κ3) is 4.57. The second kappa shape index (κ2) is 8.39. The van der Waals surface area contributed by atoms with Crippen LogP contribution in [-0.4, -0.2) is 32.0 Å². The van der Waals surface area contributed by atoms with Gasteiger partial charge in [-0.2, -0.15) is 0 Å². The van der Waals surface area contributed by atoms with Crippen LogP contribution >= 0.6 is 11.6 Å². The van der Waals surface area contributed by atoms with E-state index in [2.05, 4.69) is 5.32 Å². The van der Waals surface area contributed by atoms with Crippen LogP contribution in [0.5, 0.6) is 5.75 Å². The minimum atomic E-state index is -0.450. The fourth-order valence-corrected chi connectivity index (χ4v) is 3.32. The molecular formula is C20H20ClFN2O3. The number of carbonyl (C=O) groups excluding carboxylic acids is 2. The molecule has 7 heteroatoms. The van der Waals surface area contributed by atoms with Crippen molar-refractivity contribution in [3.05, 3.63) is 58.9 Å². The van der Waals surface area contributed by atoms with Crippen LogP contribution in [0, 0.1) is 11.7 Å². The summed E-state index contributed by atoms with van der Waals surface area (Å²) in [7, 11) is 1.52. The van der Waals surface area contributed by atoms with Crippen LogP contribution in [0.2, 0.25) is 5.02 Å². The van der Waals surface area contributed by atoms with Gasteiger partial charge in [-0.25, -0.2) is 4.39 Å². The summed E-state index contributed by atoms with van der Waals surface area (Å²) in [6, 6.07) is 11.3. The molecule has 1 aliphatic heterocycles. The predicted octanol–water partition coefficient (Wildman–Crippen LogP) is 3.20. The first-order valence-electron chi connectivity index (χ1n) is 8.64. The lowest BCUT2D eigenvalue weighted by atomic mass is 10.1. The van der Waals surface area contributed by atoms with Crippen LogP contribution in [0.15, 0.2) is 42.5 Å². The SMILES string of the molecule is COc1ccc(Cl)cc1N1CC(C(=O)NCCc2cccc(F)c2)CC1=O. The number of halogens is 2. The van der Waals surface area contributed by atoms with Gasteiger partial charge in [-0.15, -0.1) is 0 Å². The van der Waals surface area contributed by atoms with Crippen molar-refractivity contribution in [2.24, 2.45) is 5.92 Å². The van der Waals surface area contributed by atoms with Gasteiger partial charge in [0.1, 0.15) is 11.6 Å². The molecule has 3 rings (SSSR count). The zero-order valence-electron chi connectivity index (χ0n) is 14.9. The van der Waals surface area contributed by atoms with Crippen LogP contribution in [0.3, 0.4) is 0 Å². The summed E-state index contributed by atoms with van der Waals surface area (Å²) in [5, 5.41) is 3.32. The van der Waals surface area contributed by atoms with E-state index in [-0.39, 0.29) is 30.6 Å². The standard InChI is InChI=1S/C20H20ClFN2O3/c1-27-18-6-5-15(21)11-17(18)24-12-14(10-19(24)25)20(26)23-8-7-13-3-2-4-16(22)9-13/h2-6,9,11,14H,7-8,10,12H2,1H3,(H,23,26). The smallest absolute Gasteiger partial charge is 0.227 e. The van der Waals surface area contributed by atoms with Crippen molar-refractivity contribution in [2.45, 2.75) is 12.8 Å². The van der Waals surface area contributed by atoms with E-state index in [1.165, 1.54) is 24.1 Å². The molecule has 1 N–H and O–H groups in total. The summed E-state index contributed by atoms with van der Waals surface area (Å²) < 4.78 is 18.5. The Hall–Kier alpha value is -2.60. The molecule has 1 heterocycles. The van der Waals surface area contributed by atoms with Gasteiger partial charge in [0.05, 0.1) is 18.7 Å². The van der Waals surface area contributed by atoms with Gasteiger partial charge in [0.25, 0.3) is 0 Å². The second-order valence-corrected chi connectivity index (χ2v) is 6.83. The average molecular weight is 391 g/mol. The molecule has 1 aliphatic rings. The highest BCUT2D eigenvalue weighted by Gasteiger charge is 2.36. The number of carbonyl (C=O) groups is 2. The van der Waals surface area contributed by atoms with Gasteiger partial charge >= 0.3 is 0 Å². The zero-order valence-corrected chi connectivity index (χ0v) is 15.6. The number of anilines is 1. The fraction of sp³-hybridized carbons (Fsp3) is 0.300. The molecule has 0 saturated carbocycles. The van der Waals surface area contributed by atoms with E-state index in [4.69, 9.17) is 16.3 Å². The minimum absolute atomic E-state index is 0.126. The highest BCUT2D eigenvalue weighted by Crippen LogP contribution is 2.35. The van der Waals surface area contributed by atoms with E-state index in [9.17, 15) is 14.0 Å². The zero-order chi connectivity index (χ0) is 19.4. The number of hydrogen-bond donors (Lipinski definition) is 1. The number of ether oxygens (including phenoxy) is 1. The van der Waals surface area contributed by atoms with Gasteiger partial charge in [-0.3, -0.25) is 9.59 Å². The molecule has 2 aromatic rings. The van der Waals surface area contributed by atoms with Crippen molar-refractivity contribution < 1.29 is 18.7 Å². The van der Waals surface area contributed by atoms with Gasteiger partial charge in [0, 0.05) is 24.5 Å². The Labute approximate surface area is 162 Å². The first kappa shape index (κ1) is 19.2. The number of nitrogens with one attached hydrogen (secondary N) is 1. The van der Waals surface area contributed by atoms with Gasteiger partial charge in [0.2, 0.25) is 11.8 Å². The molecule has 0 spiro atoms. The van der Waals surface area contributed by atoms with E-state index in [1.54, 1.807) is 24.3 Å². The Morgan fingerprint density at radius 3 is 2.89 bits per heavy atom. The summed E-state index contributed by atoms with van der Waals surface area (Å²) in [5.74, 6) is -0.566. The molecule has 2 aromatic carbocycles. The fourth-order valence-electron chi connectivity index (χ4n) is 3.16. The molecule has 0 radical (unpaired) electrons. The maximum absolute atomic E-state index is 13.2. The Kier molecular flexibility index (Phi) is 5.96. The van der Waals surface area contributed by atoms with Gasteiger partial charge in [-0.1, -0.05) is 23.7 Å². The first-order chi connectivity index (χ1) is 13.0. The molecule has 1 fully saturated rings. The third-order valence-electron chi connectivity index (χ3n) is 4.53.